The van der Waals surface area contributed by atoms with Gasteiger partial charge in [-0.2, -0.15) is 0 Å². The number of hydrogen-bond donors (Lipinski definition) is 1. The first kappa shape index (κ1) is 25.3. The quantitative estimate of drug-likeness (QED) is 0.347. The van der Waals surface area contributed by atoms with E-state index in [1.807, 2.05) is 31.2 Å². The van der Waals surface area contributed by atoms with Crippen LogP contribution in [0.15, 0.2) is 77.7 Å². The molecule has 0 aromatic heterocycles. The summed E-state index contributed by atoms with van der Waals surface area (Å²) in [6.45, 7) is 2.17. The van der Waals surface area contributed by atoms with Gasteiger partial charge in [0.15, 0.2) is 11.5 Å². The van der Waals surface area contributed by atoms with Crippen molar-refractivity contribution in [2.24, 2.45) is 0 Å². The maximum Gasteiger partial charge on any atom is 0.294 e. The van der Waals surface area contributed by atoms with Gasteiger partial charge in [-0.15, -0.1) is 0 Å². The Balaban J connectivity index is 1.46. The molecule has 0 unspecified atom stereocenters. The minimum Gasteiger partial charge on any atom is -0.490 e. The van der Waals surface area contributed by atoms with E-state index in [1.54, 1.807) is 54.6 Å². The second-order valence-corrected chi connectivity index (χ2v) is 9.10. The number of para-hydroxylation sites is 1. The van der Waals surface area contributed by atoms with Crippen molar-refractivity contribution in [3.63, 3.8) is 0 Å². The fourth-order valence-corrected chi connectivity index (χ4v) is 4.45. The molecule has 1 N–H and O–H groups in total. The van der Waals surface area contributed by atoms with Crippen molar-refractivity contribution in [2.45, 2.75) is 13.5 Å². The van der Waals surface area contributed by atoms with Crippen LogP contribution in [0.4, 0.5) is 10.5 Å². The normalized spacial score (nSPS) is 14.3. The van der Waals surface area contributed by atoms with Crippen molar-refractivity contribution < 1.29 is 23.9 Å². The van der Waals surface area contributed by atoms with Crippen LogP contribution in [0.3, 0.4) is 0 Å². The smallest absolute Gasteiger partial charge is 0.294 e. The second-order valence-electron chi connectivity index (χ2n) is 7.70. The van der Waals surface area contributed by atoms with Crippen molar-refractivity contribution >= 4 is 52.2 Å². The van der Waals surface area contributed by atoms with Crippen LogP contribution in [0.1, 0.15) is 18.1 Å². The van der Waals surface area contributed by atoms with Gasteiger partial charge in [0.1, 0.15) is 13.2 Å². The van der Waals surface area contributed by atoms with Gasteiger partial charge in [-0.1, -0.05) is 54.1 Å². The zero-order chi connectivity index (χ0) is 25.5. The minimum absolute atomic E-state index is 0.222. The minimum atomic E-state index is -0.523. The number of halogens is 1. The SMILES string of the molecule is CCOc1cc(/C=C2/SC(=O)N(CC(=O)Nc3ccccc3)C2=O)ccc1OCc1ccccc1Cl. The summed E-state index contributed by atoms with van der Waals surface area (Å²) in [6.07, 6.45) is 1.60. The molecule has 0 spiro atoms. The van der Waals surface area contributed by atoms with Gasteiger partial charge in [-0.05, 0) is 60.7 Å². The summed E-state index contributed by atoms with van der Waals surface area (Å²) < 4.78 is 11.7. The van der Waals surface area contributed by atoms with E-state index in [-0.39, 0.29) is 18.1 Å². The third kappa shape index (κ3) is 6.27. The van der Waals surface area contributed by atoms with E-state index in [2.05, 4.69) is 5.32 Å². The van der Waals surface area contributed by atoms with Gasteiger partial charge in [-0.3, -0.25) is 19.3 Å². The van der Waals surface area contributed by atoms with Crippen LogP contribution in [-0.2, 0) is 16.2 Å². The molecule has 0 atom stereocenters. The summed E-state index contributed by atoms with van der Waals surface area (Å²) in [4.78, 5) is 38.8. The molecular weight excluding hydrogens is 500 g/mol. The van der Waals surface area contributed by atoms with Gasteiger partial charge >= 0.3 is 0 Å². The van der Waals surface area contributed by atoms with Gasteiger partial charge in [0.25, 0.3) is 11.1 Å². The lowest BCUT2D eigenvalue weighted by molar-refractivity contribution is -0.127. The molecule has 9 heteroatoms. The Kier molecular flexibility index (Phi) is 8.30. The lowest BCUT2D eigenvalue weighted by Crippen LogP contribution is -2.36. The summed E-state index contributed by atoms with van der Waals surface area (Å²) in [6, 6.07) is 21.5. The van der Waals surface area contributed by atoms with Crippen molar-refractivity contribution in [1.29, 1.82) is 0 Å². The number of carbonyl (C=O) groups is 3. The third-order valence-corrected chi connectivity index (χ3v) is 6.42. The Labute approximate surface area is 218 Å². The average molecular weight is 523 g/mol. The highest BCUT2D eigenvalue weighted by molar-refractivity contribution is 8.18. The lowest BCUT2D eigenvalue weighted by Gasteiger charge is -2.13. The van der Waals surface area contributed by atoms with Crippen LogP contribution in [-0.4, -0.2) is 35.1 Å². The fraction of sp³-hybridized carbons (Fsp3) is 0.148. The number of benzene rings is 3. The largest absolute Gasteiger partial charge is 0.490 e. The first-order chi connectivity index (χ1) is 17.4. The summed E-state index contributed by atoms with van der Waals surface area (Å²) in [5, 5.41) is 2.79. The summed E-state index contributed by atoms with van der Waals surface area (Å²) in [5.74, 6) is 0.0491. The zero-order valence-corrected chi connectivity index (χ0v) is 21.0. The molecule has 7 nitrogen and oxygen atoms in total. The molecule has 0 radical (unpaired) electrons. The van der Waals surface area contributed by atoms with Crippen molar-refractivity contribution in [2.75, 3.05) is 18.5 Å². The monoisotopic (exact) mass is 522 g/mol. The Hall–Kier alpha value is -3.75. The maximum absolute atomic E-state index is 12.8. The second kappa shape index (κ2) is 11.8. The highest BCUT2D eigenvalue weighted by Crippen LogP contribution is 2.35. The number of ether oxygens (including phenoxy) is 2. The highest BCUT2D eigenvalue weighted by atomic mass is 35.5. The van der Waals surface area contributed by atoms with E-state index in [0.717, 1.165) is 22.2 Å². The standard InChI is InChI=1S/C27H23ClN2O5S/c1-2-34-23-14-18(12-13-22(23)35-17-19-8-6-7-11-21(19)28)15-24-26(32)30(27(33)36-24)16-25(31)29-20-9-4-3-5-10-20/h3-15H,2,16-17H2,1H3,(H,29,31)/b24-15+. The molecule has 1 heterocycles. The summed E-state index contributed by atoms with van der Waals surface area (Å²) >= 11 is 7.00. The molecule has 1 saturated heterocycles. The summed E-state index contributed by atoms with van der Waals surface area (Å²) in [5.41, 5.74) is 2.09. The van der Waals surface area contributed by atoms with Crippen molar-refractivity contribution in [3.05, 3.63) is 93.9 Å². The van der Waals surface area contributed by atoms with E-state index < -0.39 is 17.1 Å². The van der Waals surface area contributed by atoms with Crippen LogP contribution in [0.2, 0.25) is 5.02 Å². The van der Waals surface area contributed by atoms with Crippen LogP contribution in [0, 0.1) is 0 Å². The number of rotatable bonds is 9. The Bertz CT molecular complexity index is 1310. The van der Waals surface area contributed by atoms with E-state index in [0.29, 0.717) is 34.4 Å². The first-order valence-corrected chi connectivity index (χ1v) is 12.4. The van der Waals surface area contributed by atoms with E-state index in [1.165, 1.54) is 0 Å². The zero-order valence-electron chi connectivity index (χ0n) is 19.4. The number of amides is 3. The molecule has 4 rings (SSSR count). The number of thioether (sulfide) groups is 1. The topological polar surface area (TPSA) is 84.9 Å². The number of hydrogen-bond acceptors (Lipinski definition) is 6. The Morgan fingerprint density at radius 1 is 1.00 bits per heavy atom. The van der Waals surface area contributed by atoms with Crippen LogP contribution < -0.4 is 14.8 Å². The first-order valence-electron chi connectivity index (χ1n) is 11.2. The molecule has 1 aliphatic heterocycles. The molecule has 184 valence electrons. The number of nitrogens with zero attached hydrogens (tertiary/aromatic N) is 1. The Morgan fingerprint density at radius 3 is 2.50 bits per heavy atom. The van der Waals surface area contributed by atoms with Gasteiger partial charge in [0.05, 0.1) is 11.5 Å². The van der Waals surface area contributed by atoms with Gasteiger partial charge in [0.2, 0.25) is 5.91 Å². The van der Waals surface area contributed by atoms with Crippen LogP contribution >= 0.6 is 23.4 Å². The van der Waals surface area contributed by atoms with Crippen LogP contribution in [0.5, 0.6) is 11.5 Å². The molecule has 3 aromatic carbocycles. The van der Waals surface area contributed by atoms with Crippen molar-refractivity contribution in [3.8, 4) is 11.5 Å². The van der Waals surface area contributed by atoms with E-state index >= 15 is 0 Å². The number of imide groups is 1. The number of anilines is 1. The predicted octanol–water partition coefficient (Wildman–Crippen LogP) is 5.99. The van der Waals surface area contributed by atoms with Crippen LogP contribution in [0.25, 0.3) is 6.08 Å². The number of nitrogens with one attached hydrogen (secondary N) is 1. The fourth-order valence-electron chi connectivity index (χ4n) is 3.43. The predicted molar refractivity (Wildman–Crippen MR) is 141 cm³/mol. The average Bonchev–Trinajstić information content (AvgIpc) is 3.12. The number of carbonyl (C=O) groups excluding carboxylic acids is 3. The molecule has 0 saturated carbocycles. The van der Waals surface area contributed by atoms with Gasteiger partial charge < -0.3 is 14.8 Å². The molecule has 3 aromatic rings. The van der Waals surface area contributed by atoms with Crippen molar-refractivity contribution in [1.82, 2.24) is 4.90 Å². The van der Waals surface area contributed by atoms with Gasteiger partial charge in [0, 0.05) is 16.3 Å². The molecule has 1 fully saturated rings. The molecular formula is C27H23ClN2O5S. The highest BCUT2D eigenvalue weighted by Gasteiger charge is 2.36. The summed E-state index contributed by atoms with van der Waals surface area (Å²) in [7, 11) is 0. The molecule has 0 bridgehead atoms. The molecule has 36 heavy (non-hydrogen) atoms. The lowest BCUT2D eigenvalue weighted by atomic mass is 10.1. The molecule has 3 amide bonds. The molecule has 0 aliphatic carbocycles. The van der Waals surface area contributed by atoms with Gasteiger partial charge in [-0.25, -0.2) is 0 Å². The van der Waals surface area contributed by atoms with E-state index in [4.69, 9.17) is 21.1 Å². The third-order valence-electron chi connectivity index (χ3n) is 5.14. The van der Waals surface area contributed by atoms with E-state index in [9.17, 15) is 14.4 Å². The Morgan fingerprint density at radius 2 is 1.75 bits per heavy atom. The molecule has 1 aliphatic rings. The maximum atomic E-state index is 12.8.